The van der Waals surface area contributed by atoms with Crippen LogP contribution in [0, 0.1) is 5.92 Å². The molecule has 18 heavy (non-hydrogen) atoms. The molecular formula is C14H25NO3. The van der Waals surface area contributed by atoms with Gasteiger partial charge in [0.25, 0.3) is 0 Å². The van der Waals surface area contributed by atoms with Crippen LogP contribution in [0.15, 0.2) is 0 Å². The van der Waals surface area contributed by atoms with Crippen molar-refractivity contribution in [1.29, 1.82) is 0 Å². The predicted molar refractivity (Wildman–Crippen MR) is 70.4 cm³/mol. The van der Waals surface area contributed by atoms with Crippen LogP contribution >= 0.6 is 0 Å². The molecule has 1 fully saturated rings. The molecule has 0 bridgehead atoms. The molecule has 1 saturated carbocycles. The number of ketones is 1. The smallest absolute Gasteiger partial charge is 0.408 e. The summed E-state index contributed by atoms with van der Waals surface area (Å²) >= 11 is 0. The van der Waals surface area contributed by atoms with Crippen molar-refractivity contribution in [3.63, 3.8) is 0 Å². The van der Waals surface area contributed by atoms with Gasteiger partial charge in [0.2, 0.25) is 0 Å². The Bertz CT molecular complexity index is 326. The number of rotatable bonds is 5. The van der Waals surface area contributed by atoms with Gasteiger partial charge >= 0.3 is 6.09 Å². The summed E-state index contributed by atoms with van der Waals surface area (Å²) in [6, 6.07) is 0. The number of Topliss-reactive ketones (excluding diaryl/α,β-unsaturated/α-hetero) is 1. The number of hydrogen-bond donors (Lipinski definition) is 1. The highest BCUT2D eigenvalue weighted by Crippen LogP contribution is 2.40. The van der Waals surface area contributed by atoms with Crippen molar-refractivity contribution in [3.05, 3.63) is 0 Å². The van der Waals surface area contributed by atoms with Gasteiger partial charge in [-0.2, -0.15) is 0 Å². The molecule has 4 nitrogen and oxygen atoms in total. The van der Waals surface area contributed by atoms with Gasteiger partial charge in [0.05, 0.1) is 5.54 Å². The largest absolute Gasteiger partial charge is 0.444 e. The van der Waals surface area contributed by atoms with E-state index in [0.29, 0.717) is 6.42 Å². The maximum absolute atomic E-state index is 11.9. The van der Waals surface area contributed by atoms with Gasteiger partial charge in [-0.25, -0.2) is 4.79 Å². The Labute approximate surface area is 109 Å². The predicted octanol–water partition coefficient (Wildman–Crippen LogP) is 3.05. The second kappa shape index (κ2) is 5.29. The van der Waals surface area contributed by atoms with E-state index in [-0.39, 0.29) is 17.2 Å². The molecular weight excluding hydrogens is 230 g/mol. The zero-order chi connectivity index (χ0) is 14.0. The number of ether oxygens (including phenoxy) is 1. The highest BCUT2D eigenvalue weighted by atomic mass is 16.6. The van der Waals surface area contributed by atoms with Crippen LogP contribution in [0.5, 0.6) is 0 Å². The lowest BCUT2D eigenvalue weighted by Crippen LogP contribution is -2.42. The maximum atomic E-state index is 11.9. The van der Waals surface area contributed by atoms with Gasteiger partial charge in [0.1, 0.15) is 11.4 Å². The van der Waals surface area contributed by atoms with E-state index < -0.39 is 11.7 Å². The Morgan fingerprint density at radius 2 is 1.89 bits per heavy atom. The Morgan fingerprint density at radius 3 is 2.28 bits per heavy atom. The average molecular weight is 255 g/mol. The number of alkyl carbamates (subject to hydrolysis) is 1. The molecule has 104 valence electrons. The van der Waals surface area contributed by atoms with E-state index in [1.807, 2.05) is 34.6 Å². The molecule has 1 atom stereocenters. The van der Waals surface area contributed by atoms with Crippen molar-refractivity contribution in [2.75, 3.05) is 0 Å². The highest BCUT2D eigenvalue weighted by molar-refractivity contribution is 5.83. The zero-order valence-electron chi connectivity index (χ0n) is 12.1. The first-order chi connectivity index (χ1) is 8.17. The molecule has 0 aliphatic heterocycles. The SMILES string of the molecule is CCC(C)C(=O)CC1(NC(=O)OC(C)(C)C)CC1. The van der Waals surface area contributed by atoms with E-state index in [2.05, 4.69) is 5.32 Å². The number of nitrogens with one attached hydrogen (secondary N) is 1. The fraction of sp³-hybridized carbons (Fsp3) is 0.857. The van der Waals surface area contributed by atoms with Gasteiger partial charge in [-0.3, -0.25) is 4.79 Å². The molecule has 0 saturated heterocycles. The van der Waals surface area contributed by atoms with Crippen LogP contribution in [-0.4, -0.2) is 23.0 Å². The second-order valence-electron chi connectivity index (χ2n) is 6.36. The van der Waals surface area contributed by atoms with Crippen LogP contribution in [0.3, 0.4) is 0 Å². The van der Waals surface area contributed by atoms with Crippen molar-refractivity contribution in [2.45, 2.75) is 71.4 Å². The molecule has 1 aliphatic carbocycles. The van der Waals surface area contributed by atoms with E-state index in [1.54, 1.807) is 0 Å². The van der Waals surface area contributed by atoms with Gasteiger partial charge in [-0.05, 0) is 40.0 Å². The number of carbonyl (C=O) groups is 2. The van der Waals surface area contributed by atoms with Crippen molar-refractivity contribution < 1.29 is 14.3 Å². The molecule has 1 rings (SSSR count). The van der Waals surface area contributed by atoms with Gasteiger partial charge < -0.3 is 10.1 Å². The fourth-order valence-corrected chi connectivity index (χ4v) is 1.75. The molecule has 1 amide bonds. The molecule has 1 unspecified atom stereocenters. The minimum atomic E-state index is -0.499. The molecule has 1 N–H and O–H groups in total. The maximum Gasteiger partial charge on any atom is 0.408 e. The van der Waals surface area contributed by atoms with Crippen molar-refractivity contribution >= 4 is 11.9 Å². The third kappa shape index (κ3) is 4.67. The van der Waals surface area contributed by atoms with Gasteiger partial charge in [-0.15, -0.1) is 0 Å². The minimum Gasteiger partial charge on any atom is -0.444 e. The van der Waals surface area contributed by atoms with Gasteiger partial charge in [-0.1, -0.05) is 13.8 Å². The molecule has 0 spiro atoms. The van der Waals surface area contributed by atoms with Crippen molar-refractivity contribution in [1.82, 2.24) is 5.32 Å². The summed E-state index contributed by atoms with van der Waals surface area (Å²) in [5.74, 6) is 0.300. The quantitative estimate of drug-likeness (QED) is 0.821. The van der Waals surface area contributed by atoms with E-state index >= 15 is 0 Å². The Hall–Kier alpha value is -1.06. The summed E-state index contributed by atoms with van der Waals surface area (Å²) in [6.07, 6.45) is 2.60. The van der Waals surface area contributed by atoms with E-state index in [0.717, 1.165) is 19.3 Å². The minimum absolute atomic E-state index is 0.0721. The summed E-state index contributed by atoms with van der Waals surface area (Å²) in [5, 5.41) is 2.85. The standard InChI is InChI=1S/C14H25NO3/c1-6-10(2)11(16)9-14(7-8-14)15-12(17)18-13(3,4)5/h10H,6-9H2,1-5H3,(H,15,17). The van der Waals surface area contributed by atoms with E-state index in [9.17, 15) is 9.59 Å². The van der Waals surface area contributed by atoms with E-state index in [4.69, 9.17) is 4.74 Å². The van der Waals surface area contributed by atoms with Crippen molar-refractivity contribution in [3.8, 4) is 0 Å². The molecule has 0 radical (unpaired) electrons. The Morgan fingerprint density at radius 1 is 1.33 bits per heavy atom. The molecule has 4 heteroatoms. The Balaban J connectivity index is 2.46. The van der Waals surface area contributed by atoms with Crippen LogP contribution in [0.4, 0.5) is 4.79 Å². The normalized spacial score (nSPS) is 18.9. The van der Waals surface area contributed by atoms with Gasteiger partial charge in [0.15, 0.2) is 0 Å². The number of amides is 1. The summed E-state index contributed by atoms with van der Waals surface area (Å²) in [6.45, 7) is 9.43. The molecule has 0 aromatic heterocycles. The third-order valence-corrected chi connectivity index (χ3v) is 3.29. The molecule has 0 aromatic rings. The molecule has 0 heterocycles. The lowest BCUT2D eigenvalue weighted by molar-refractivity contribution is -0.123. The van der Waals surface area contributed by atoms with Crippen LogP contribution in [0.2, 0.25) is 0 Å². The van der Waals surface area contributed by atoms with Crippen LogP contribution in [-0.2, 0) is 9.53 Å². The summed E-state index contributed by atoms with van der Waals surface area (Å²) in [7, 11) is 0. The first kappa shape index (κ1) is 15.0. The van der Waals surface area contributed by atoms with E-state index in [1.165, 1.54) is 0 Å². The van der Waals surface area contributed by atoms with Gasteiger partial charge in [0, 0.05) is 12.3 Å². The lowest BCUT2D eigenvalue weighted by Gasteiger charge is -2.23. The third-order valence-electron chi connectivity index (χ3n) is 3.29. The summed E-state index contributed by atoms with van der Waals surface area (Å²) in [4.78, 5) is 23.6. The average Bonchev–Trinajstić information content (AvgIpc) is 2.93. The van der Waals surface area contributed by atoms with Crippen molar-refractivity contribution in [2.24, 2.45) is 5.92 Å². The fourth-order valence-electron chi connectivity index (χ4n) is 1.75. The monoisotopic (exact) mass is 255 g/mol. The highest BCUT2D eigenvalue weighted by Gasteiger charge is 2.46. The first-order valence-electron chi connectivity index (χ1n) is 6.71. The van der Waals surface area contributed by atoms with Crippen LogP contribution in [0.1, 0.15) is 60.3 Å². The van der Waals surface area contributed by atoms with Crippen LogP contribution < -0.4 is 5.32 Å². The second-order valence-corrected chi connectivity index (χ2v) is 6.36. The molecule has 0 aromatic carbocycles. The topological polar surface area (TPSA) is 55.4 Å². The zero-order valence-corrected chi connectivity index (χ0v) is 12.1. The summed E-state index contributed by atoms with van der Waals surface area (Å²) in [5.41, 5.74) is -0.830. The number of hydrogen-bond acceptors (Lipinski definition) is 3. The first-order valence-corrected chi connectivity index (χ1v) is 6.71. The Kier molecular flexibility index (Phi) is 4.41. The number of carbonyl (C=O) groups excluding carboxylic acids is 2. The summed E-state index contributed by atoms with van der Waals surface area (Å²) < 4.78 is 5.22. The molecule has 1 aliphatic rings. The van der Waals surface area contributed by atoms with Crippen LogP contribution in [0.25, 0.3) is 0 Å². The lowest BCUT2D eigenvalue weighted by atomic mass is 9.96.